The Morgan fingerprint density at radius 1 is 1.15 bits per heavy atom. The van der Waals surface area contributed by atoms with Crippen molar-refractivity contribution in [3.63, 3.8) is 0 Å². The average Bonchev–Trinajstić information content (AvgIpc) is 3.08. The van der Waals surface area contributed by atoms with E-state index < -0.39 is 25.5 Å². The quantitative estimate of drug-likeness (QED) is 0.452. The Hall–Kier alpha value is -2.76. The Morgan fingerprint density at radius 3 is 2.56 bits per heavy atom. The molecular formula is C15H11ClN4O5S2. The molecule has 0 aliphatic rings. The topological polar surface area (TPSA) is 124 Å². The monoisotopic (exact) mass is 426 g/mol. The van der Waals surface area contributed by atoms with Crippen molar-refractivity contribution in [2.24, 2.45) is 0 Å². The van der Waals surface area contributed by atoms with Gasteiger partial charge in [-0.3, -0.25) is 14.8 Å². The third-order valence-electron chi connectivity index (χ3n) is 3.22. The van der Waals surface area contributed by atoms with E-state index in [0.29, 0.717) is 15.8 Å². The normalized spacial score (nSPS) is 11.1. The maximum Gasteiger partial charge on any atom is 0.289 e. The van der Waals surface area contributed by atoms with E-state index in [1.165, 1.54) is 12.1 Å². The number of hydrogen-bond acceptors (Lipinski definition) is 8. The SMILES string of the molecule is O=[N+]([O-])c1ccccc1S(=O)(=O)Nc1nnc(COc2ccc(Cl)cc2)s1. The van der Waals surface area contributed by atoms with E-state index in [0.717, 1.165) is 23.5 Å². The van der Waals surface area contributed by atoms with Crippen LogP contribution in [0.25, 0.3) is 0 Å². The lowest BCUT2D eigenvalue weighted by atomic mass is 10.3. The van der Waals surface area contributed by atoms with Crippen LogP contribution in [0.15, 0.2) is 53.4 Å². The van der Waals surface area contributed by atoms with Crippen molar-refractivity contribution in [1.29, 1.82) is 0 Å². The smallest absolute Gasteiger partial charge is 0.289 e. The number of sulfonamides is 1. The summed E-state index contributed by atoms with van der Waals surface area (Å²) in [6, 6.07) is 11.7. The highest BCUT2D eigenvalue weighted by Gasteiger charge is 2.26. The van der Waals surface area contributed by atoms with Crippen LogP contribution in [0.4, 0.5) is 10.8 Å². The number of rotatable bonds is 7. The van der Waals surface area contributed by atoms with E-state index in [4.69, 9.17) is 16.3 Å². The minimum absolute atomic E-state index is 0.0251. The molecule has 140 valence electrons. The van der Waals surface area contributed by atoms with Crippen LogP contribution in [0.2, 0.25) is 5.02 Å². The molecule has 0 saturated carbocycles. The van der Waals surface area contributed by atoms with Gasteiger partial charge in [-0.1, -0.05) is 35.1 Å². The molecule has 0 aliphatic carbocycles. The lowest BCUT2D eigenvalue weighted by Crippen LogP contribution is -2.14. The molecule has 1 N–H and O–H groups in total. The van der Waals surface area contributed by atoms with Crippen LogP contribution in [0.3, 0.4) is 0 Å². The number of ether oxygens (including phenoxy) is 1. The highest BCUT2D eigenvalue weighted by Crippen LogP contribution is 2.27. The summed E-state index contributed by atoms with van der Waals surface area (Å²) in [5, 5.41) is 19.6. The van der Waals surface area contributed by atoms with Crippen molar-refractivity contribution in [3.8, 4) is 5.75 Å². The van der Waals surface area contributed by atoms with Crippen LogP contribution in [0, 0.1) is 10.1 Å². The fourth-order valence-corrected chi connectivity index (χ4v) is 4.22. The van der Waals surface area contributed by atoms with Gasteiger partial charge >= 0.3 is 0 Å². The lowest BCUT2D eigenvalue weighted by molar-refractivity contribution is -0.387. The van der Waals surface area contributed by atoms with E-state index in [1.807, 2.05) is 0 Å². The van der Waals surface area contributed by atoms with Crippen molar-refractivity contribution < 1.29 is 18.1 Å². The van der Waals surface area contributed by atoms with E-state index in [9.17, 15) is 18.5 Å². The Kier molecular flexibility index (Phi) is 5.54. The minimum atomic E-state index is -4.19. The van der Waals surface area contributed by atoms with Gasteiger partial charge in [0.25, 0.3) is 15.7 Å². The van der Waals surface area contributed by atoms with Crippen LogP contribution in [0.1, 0.15) is 5.01 Å². The van der Waals surface area contributed by atoms with Crippen molar-refractivity contribution in [3.05, 3.63) is 68.7 Å². The number of benzene rings is 2. The second-order valence-electron chi connectivity index (χ2n) is 5.07. The number of nitro groups is 1. The number of anilines is 1. The van der Waals surface area contributed by atoms with Gasteiger partial charge in [0.1, 0.15) is 12.4 Å². The minimum Gasteiger partial charge on any atom is -0.486 e. The van der Waals surface area contributed by atoms with Gasteiger partial charge in [0.05, 0.1) is 4.92 Å². The molecular weight excluding hydrogens is 416 g/mol. The van der Waals surface area contributed by atoms with Crippen molar-refractivity contribution in [2.45, 2.75) is 11.5 Å². The molecule has 2 aromatic carbocycles. The zero-order valence-electron chi connectivity index (χ0n) is 13.4. The first-order valence-electron chi connectivity index (χ1n) is 7.32. The zero-order valence-corrected chi connectivity index (χ0v) is 15.8. The summed E-state index contributed by atoms with van der Waals surface area (Å²) in [5.41, 5.74) is -0.527. The molecule has 1 heterocycles. The first kappa shape index (κ1) is 19.0. The summed E-state index contributed by atoms with van der Waals surface area (Å²) in [7, 11) is -4.19. The molecule has 0 aliphatic heterocycles. The molecule has 0 fully saturated rings. The Bertz CT molecular complexity index is 1070. The van der Waals surface area contributed by atoms with Gasteiger partial charge in [-0.25, -0.2) is 8.42 Å². The molecule has 1 aromatic heterocycles. The summed E-state index contributed by atoms with van der Waals surface area (Å²) >= 11 is 6.75. The second kappa shape index (κ2) is 7.86. The number of aromatic nitrogens is 2. The average molecular weight is 427 g/mol. The van der Waals surface area contributed by atoms with Crippen molar-refractivity contribution in [2.75, 3.05) is 4.72 Å². The molecule has 27 heavy (non-hydrogen) atoms. The Balaban J connectivity index is 1.71. The van der Waals surface area contributed by atoms with Gasteiger partial charge in [0, 0.05) is 11.1 Å². The summed E-state index contributed by atoms with van der Waals surface area (Å²) in [4.78, 5) is 9.81. The maximum atomic E-state index is 12.4. The Morgan fingerprint density at radius 2 is 1.85 bits per heavy atom. The van der Waals surface area contributed by atoms with Crippen LogP contribution in [-0.4, -0.2) is 23.5 Å². The second-order valence-corrected chi connectivity index (χ2v) is 8.22. The van der Waals surface area contributed by atoms with Crippen molar-refractivity contribution in [1.82, 2.24) is 10.2 Å². The molecule has 0 saturated heterocycles. The van der Waals surface area contributed by atoms with E-state index in [-0.39, 0.29) is 11.7 Å². The molecule has 0 spiro atoms. The number of nitrogens with one attached hydrogen (secondary N) is 1. The lowest BCUT2D eigenvalue weighted by Gasteiger charge is -2.05. The van der Waals surface area contributed by atoms with Gasteiger partial charge in [0.15, 0.2) is 9.90 Å². The molecule has 0 amide bonds. The summed E-state index contributed by atoms with van der Waals surface area (Å²) in [6.07, 6.45) is 0. The number of nitro benzene ring substituents is 1. The highest BCUT2D eigenvalue weighted by atomic mass is 35.5. The van der Waals surface area contributed by atoms with E-state index in [1.54, 1.807) is 24.3 Å². The van der Waals surface area contributed by atoms with Crippen molar-refractivity contribution >= 4 is 43.8 Å². The Labute approximate surface area is 162 Å². The molecule has 0 bridgehead atoms. The highest BCUT2D eigenvalue weighted by molar-refractivity contribution is 7.93. The first-order chi connectivity index (χ1) is 12.8. The fraction of sp³-hybridized carbons (Fsp3) is 0.0667. The van der Waals surface area contributed by atoms with Gasteiger partial charge in [-0.05, 0) is 30.3 Å². The van der Waals surface area contributed by atoms with Crippen LogP contribution >= 0.6 is 22.9 Å². The zero-order chi connectivity index (χ0) is 19.4. The van der Waals surface area contributed by atoms with E-state index >= 15 is 0 Å². The number of para-hydroxylation sites is 1. The standard InChI is InChI=1S/C15H11ClN4O5S2/c16-10-5-7-11(8-6-10)25-9-14-17-18-15(26-14)19-27(23,24)13-4-2-1-3-12(13)20(21)22/h1-8H,9H2,(H,18,19). The molecule has 3 aromatic rings. The predicted molar refractivity (Wildman–Crippen MR) is 99.6 cm³/mol. The van der Waals surface area contributed by atoms with Crippen LogP contribution < -0.4 is 9.46 Å². The van der Waals surface area contributed by atoms with Gasteiger partial charge in [-0.15, -0.1) is 10.2 Å². The third-order valence-corrected chi connectivity index (χ3v) is 5.80. The summed E-state index contributed by atoms with van der Waals surface area (Å²) in [5.74, 6) is 0.566. The first-order valence-corrected chi connectivity index (χ1v) is 10.00. The molecule has 12 heteroatoms. The molecule has 0 atom stereocenters. The molecule has 3 rings (SSSR count). The van der Waals surface area contributed by atoms with E-state index in [2.05, 4.69) is 14.9 Å². The third kappa shape index (κ3) is 4.70. The predicted octanol–water partition coefficient (Wildman–Crippen LogP) is 3.48. The molecule has 0 radical (unpaired) electrons. The molecule has 9 nitrogen and oxygen atoms in total. The van der Waals surface area contributed by atoms with Crippen LogP contribution in [0.5, 0.6) is 5.75 Å². The van der Waals surface area contributed by atoms with Gasteiger partial charge < -0.3 is 4.74 Å². The largest absolute Gasteiger partial charge is 0.486 e. The number of hydrogen-bond donors (Lipinski definition) is 1. The van der Waals surface area contributed by atoms with Gasteiger partial charge in [0.2, 0.25) is 5.13 Å². The van der Waals surface area contributed by atoms with Crippen LogP contribution in [-0.2, 0) is 16.6 Å². The fourth-order valence-electron chi connectivity index (χ4n) is 2.03. The summed E-state index contributed by atoms with van der Waals surface area (Å²) < 4.78 is 32.6. The van der Waals surface area contributed by atoms with Gasteiger partial charge in [-0.2, -0.15) is 0 Å². The number of nitrogens with zero attached hydrogens (tertiary/aromatic N) is 3. The summed E-state index contributed by atoms with van der Waals surface area (Å²) in [6.45, 7) is 0.0759. The number of halogens is 1. The molecule has 0 unspecified atom stereocenters. The maximum absolute atomic E-state index is 12.4.